The van der Waals surface area contributed by atoms with E-state index in [0.717, 1.165) is 83.9 Å². The van der Waals surface area contributed by atoms with Gasteiger partial charge in [-0.2, -0.15) is 5.10 Å². The molecule has 2 unspecified atom stereocenters. The fraction of sp³-hybridized carbons (Fsp3) is 0.700. The first-order valence-electron chi connectivity index (χ1n) is 16.0. The Labute approximate surface area is 257 Å². The summed E-state index contributed by atoms with van der Waals surface area (Å²) in [6, 6.07) is 0.868. The van der Waals surface area contributed by atoms with E-state index in [9.17, 15) is 4.79 Å². The molecule has 7 rings (SSSR count). The molecule has 1 spiro atoms. The van der Waals surface area contributed by atoms with Gasteiger partial charge in [0.15, 0.2) is 5.82 Å². The number of nitrogens with one attached hydrogen (secondary N) is 2. The zero-order chi connectivity index (χ0) is 29.6. The lowest BCUT2D eigenvalue weighted by Crippen LogP contribution is -2.65. The first kappa shape index (κ1) is 29.1. The third-order valence-corrected chi connectivity index (χ3v) is 10.6. The molecule has 1 aliphatic carbocycles. The molecule has 234 valence electrons. The number of nitrogens with zero attached hydrogens (tertiary/aromatic N) is 6. The Balaban J connectivity index is 1.14. The molecule has 2 aromatic rings. The van der Waals surface area contributed by atoms with Crippen LogP contribution in [0.15, 0.2) is 12.4 Å². The normalized spacial score (nSPS) is 26.8. The highest BCUT2D eigenvalue weighted by atomic mass is 35.5. The van der Waals surface area contributed by atoms with Gasteiger partial charge in [-0.3, -0.25) is 19.6 Å². The number of amides is 1. The van der Waals surface area contributed by atoms with Gasteiger partial charge in [0.1, 0.15) is 17.6 Å². The van der Waals surface area contributed by atoms with Crippen molar-refractivity contribution in [2.45, 2.75) is 75.2 Å². The number of piperazine rings is 2. The van der Waals surface area contributed by atoms with Gasteiger partial charge in [-0.1, -0.05) is 50.1 Å². The fourth-order valence-corrected chi connectivity index (χ4v) is 8.12. The maximum atomic E-state index is 15.7. The van der Waals surface area contributed by atoms with Crippen molar-refractivity contribution in [1.82, 2.24) is 24.6 Å². The second-order valence-corrected chi connectivity index (χ2v) is 13.3. The number of anilines is 4. The van der Waals surface area contributed by atoms with Crippen LogP contribution in [0.5, 0.6) is 0 Å². The van der Waals surface area contributed by atoms with Crippen molar-refractivity contribution in [2.75, 3.05) is 80.3 Å². The van der Waals surface area contributed by atoms with Crippen LogP contribution in [0, 0.1) is 0 Å². The molecule has 4 fully saturated rings. The van der Waals surface area contributed by atoms with Crippen molar-refractivity contribution >= 4 is 40.5 Å². The van der Waals surface area contributed by atoms with Gasteiger partial charge in [0.25, 0.3) is 5.91 Å². The molecule has 11 nitrogen and oxygen atoms in total. The van der Waals surface area contributed by atoms with Crippen molar-refractivity contribution in [1.29, 1.82) is 0 Å². The van der Waals surface area contributed by atoms with Crippen LogP contribution in [0.25, 0.3) is 0 Å². The van der Waals surface area contributed by atoms with Crippen LogP contribution in [0.1, 0.15) is 61.7 Å². The lowest BCUT2D eigenvalue weighted by Gasteiger charge is -2.51. The predicted octanol–water partition coefficient (Wildman–Crippen LogP) is 3.56. The summed E-state index contributed by atoms with van der Waals surface area (Å²) in [6.07, 6.45) is 9.89. The largest absolute Gasteiger partial charge is 0.381 e. The minimum absolute atomic E-state index is 0.0979. The average Bonchev–Trinajstić information content (AvgIpc) is 3.37. The van der Waals surface area contributed by atoms with E-state index < -0.39 is 17.6 Å². The molecule has 0 aromatic carbocycles. The van der Waals surface area contributed by atoms with Crippen molar-refractivity contribution < 1.29 is 13.9 Å². The number of pyridine rings is 1. The van der Waals surface area contributed by atoms with Gasteiger partial charge < -0.3 is 26.0 Å². The quantitative estimate of drug-likeness (QED) is 0.475. The van der Waals surface area contributed by atoms with Crippen molar-refractivity contribution in [3.63, 3.8) is 0 Å². The molecule has 13 heteroatoms. The number of hydrogen-bond donors (Lipinski definition) is 3. The van der Waals surface area contributed by atoms with E-state index in [-0.39, 0.29) is 17.9 Å². The zero-order valence-corrected chi connectivity index (χ0v) is 25.5. The summed E-state index contributed by atoms with van der Waals surface area (Å²) in [5, 5.41) is 11.3. The van der Waals surface area contributed by atoms with Crippen molar-refractivity contribution in [2.24, 2.45) is 0 Å². The first-order valence-corrected chi connectivity index (χ1v) is 16.3. The monoisotopic (exact) mass is 615 g/mol. The third kappa shape index (κ3) is 5.34. The van der Waals surface area contributed by atoms with E-state index >= 15 is 4.39 Å². The van der Waals surface area contributed by atoms with Crippen LogP contribution < -0.4 is 21.3 Å². The highest BCUT2D eigenvalue weighted by molar-refractivity contribution is 6.34. The highest BCUT2D eigenvalue weighted by Gasteiger charge is 2.47. The summed E-state index contributed by atoms with van der Waals surface area (Å²) >= 11 is 6.77. The fourth-order valence-electron chi connectivity index (χ4n) is 7.85. The SMILES string of the molecule is Nc1nn2c(c1C(=O)Nc1cncc(Cl)c1N1CCN3CCN(C4COC4)CC3C1)NCC(F)C21CCCCCCCC1. The number of nitrogens with two attached hydrogens (primary N) is 1. The summed E-state index contributed by atoms with van der Waals surface area (Å²) in [6.45, 7) is 7.36. The topological polar surface area (TPSA) is 117 Å². The van der Waals surface area contributed by atoms with Crippen LogP contribution in [-0.2, 0) is 10.3 Å². The summed E-state index contributed by atoms with van der Waals surface area (Å²) in [5.41, 5.74) is 7.17. The van der Waals surface area contributed by atoms with E-state index in [4.69, 9.17) is 22.1 Å². The molecule has 1 saturated carbocycles. The molecule has 4 N–H and O–H groups in total. The average molecular weight is 616 g/mol. The van der Waals surface area contributed by atoms with E-state index in [1.54, 1.807) is 17.1 Å². The molecule has 6 heterocycles. The molecule has 43 heavy (non-hydrogen) atoms. The molecule has 0 radical (unpaired) electrons. The highest BCUT2D eigenvalue weighted by Crippen LogP contribution is 2.44. The van der Waals surface area contributed by atoms with Crippen LogP contribution >= 0.6 is 11.6 Å². The molecule has 4 aliphatic heterocycles. The van der Waals surface area contributed by atoms with Crippen molar-refractivity contribution in [3.8, 4) is 0 Å². The van der Waals surface area contributed by atoms with Crippen molar-refractivity contribution in [3.05, 3.63) is 23.0 Å². The summed E-state index contributed by atoms with van der Waals surface area (Å²) in [4.78, 5) is 25.6. The van der Waals surface area contributed by atoms with E-state index in [1.165, 1.54) is 12.8 Å². The van der Waals surface area contributed by atoms with Crippen LogP contribution in [-0.4, -0.2) is 108 Å². The minimum atomic E-state index is -1.11. The van der Waals surface area contributed by atoms with Gasteiger partial charge in [-0.15, -0.1) is 0 Å². The zero-order valence-electron chi connectivity index (χ0n) is 24.7. The molecule has 3 saturated heterocycles. The Bertz CT molecular complexity index is 1330. The third-order valence-electron chi connectivity index (χ3n) is 10.4. The minimum Gasteiger partial charge on any atom is -0.381 e. The Hall–Kier alpha value is -2.67. The second kappa shape index (κ2) is 12.0. The number of carbonyl (C=O) groups is 1. The number of fused-ring (bicyclic) bond motifs is 3. The van der Waals surface area contributed by atoms with Gasteiger partial charge in [0, 0.05) is 58.1 Å². The second-order valence-electron chi connectivity index (χ2n) is 12.9. The lowest BCUT2D eigenvalue weighted by atomic mass is 9.82. The molecular formula is C30H43ClFN9O2. The Morgan fingerprint density at radius 3 is 2.49 bits per heavy atom. The number of nitrogen functional groups attached to an aromatic ring is 1. The number of halogens is 2. The molecule has 2 aromatic heterocycles. The van der Waals surface area contributed by atoms with Crippen LogP contribution in [0.3, 0.4) is 0 Å². The van der Waals surface area contributed by atoms with E-state index in [1.807, 2.05) is 0 Å². The van der Waals surface area contributed by atoms with Gasteiger partial charge in [-0.05, 0) is 12.8 Å². The maximum Gasteiger partial charge on any atom is 0.263 e. The summed E-state index contributed by atoms with van der Waals surface area (Å²) in [5.74, 6) is 0.191. The molecular weight excluding hydrogens is 573 g/mol. The van der Waals surface area contributed by atoms with Gasteiger partial charge in [-0.25, -0.2) is 9.07 Å². The standard InChI is InChI=1S/C30H43ClFN9O2/c31-22-13-34-14-23(26(22)40-12-10-38-9-11-39(16-20(38)17-40)21-18-43-19-21)36-29(42)25-27(33)37-41-28(25)35-15-24(32)30(41)7-5-3-1-2-4-6-8-30/h13-14,20-21,24,35H,1-12,15-19H2,(H2,33,37)(H,36,42). The number of ether oxygens (including phenoxy) is 1. The Kier molecular flexibility index (Phi) is 8.13. The molecule has 2 atom stereocenters. The number of rotatable bonds is 4. The summed E-state index contributed by atoms with van der Waals surface area (Å²) in [7, 11) is 0. The van der Waals surface area contributed by atoms with Crippen LogP contribution in [0.2, 0.25) is 5.02 Å². The molecule has 5 aliphatic rings. The van der Waals surface area contributed by atoms with Gasteiger partial charge >= 0.3 is 0 Å². The Morgan fingerprint density at radius 2 is 1.74 bits per heavy atom. The van der Waals surface area contributed by atoms with Gasteiger partial charge in [0.2, 0.25) is 0 Å². The number of aromatic nitrogens is 3. The lowest BCUT2D eigenvalue weighted by molar-refractivity contribution is -0.0869. The first-order chi connectivity index (χ1) is 20.9. The van der Waals surface area contributed by atoms with Gasteiger partial charge in [0.05, 0.1) is 47.4 Å². The smallest absolute Gasteiger partial charge is 0.263 e. The van der Waals surface area contributed by atoms with E-state index in [2.05, 4.69) is 35.4 Å². The number of alkyl halides is 1. The summed E-state index contributed by atoms with van der Waals surface area (Å²) < 4.78 is 22.9. The molecule has 1 amide bonds. The van der Waals surface area contributed by atoms with Crippen LogP contribution in [0.4, 0.5) is 27.4 Å². The Morgan fingerprint density at radius 1 is 1.02 bits per heavy atom. The maximum absolute atomic E-state index is 15.7. The van der Waals surface area contributed by atoms with E-state index in [0.29, 0.717) is 41.5 Å². The number of carbonyl (C=O) groups excluding carboxylic acids is 1. The molecule has 0 bridgehead atoms. The predicted molar refractivity (Wildman–Crippen MR) is 166 cm³/mol. The number of hydrogen-bond acceptors (Lipinski definition) is 9.